The minimum absolute atomic E-state index is 0.0556. The SMILES string of the molecule is Cc1ccc(Sc2ccc(NC(=O)Cc3ccc(-n4cnnn4)cc3)cc2)c(C)c1. The molecule has 7 heteroatoms. The highest BCUT2D eigenvalue weighted by Crippen LogP contribution is 2.31. The van der Waals surface area contributed by atoms with Gasteiger partial charge in [0.15, 0.2) is 0 Å². The molecule has 1 N–H and O–H groups in total. The molecule has 30 heavy (non-hydrogen) atoms. The zero-order valence-corrected chi connectivity index (χ0v) is 17.6. The van der Waals surface area contributed by atoms with E-state index in [-0.39, 0.29) is 5.91 Å². The maximum Gasteiger partial charge on any atom is 0.228 e. The first-order chi connectivity index (χ1) is 14.6. The predicted molar refractivity (Wildman–Crippen MR) is 118 cm³/mol. The summed E-state index contributed by atoms with van der Waals surface area (Å²) < 4.78 is 1.57. The molecule has 0 unspecified atom stereocenters. The molecular weight excluding hydrogens is 394 g/mol. The summed E-state index contributed by atoms with van der Waals surface area (Å²) in [5, 5.41) is 14.0. The summed E-state index contributed by atoms with van der Waals surface area (Å²) >= 11 is 1.72. The summed E-state index contributed by atoms with van der Waals surface area (Å²) in [6, 6.07) is 22.0. The Hall–Kier alpha value is -3.45. The molecule has 6 nitrogen and oxygen atoms in total. The molecule has 0 atom stereocenters. The van der Waals surface area contributed by atoms with E-state index in [2.05, 4.69) is 52.9 Å². The van der Waals surface area contributed by atoms with E-state index in [1.54, 1.807) is 16.4 Å². The molecule has 0 aliphatic carbocycles. The van der Waals surface area contributed by atoms with E-state index >= 15 is 0 Å². The molecule has 1 heterocycles. The van der Waals surface area contributed by atoms with Crippen molar-refractivity contribution in [2.75, 3.05) is 5.32 Å². The van der Waals surface area contributed by atoms with Gasteiger partial charge in [0.05, 0.1) is 12.1 Å². The van der Waals surface area contributed by atoms with Crippen molar-refractivity contribution in [2.45, 2.75) is 30.1 Å². The van der Waals surface area contributed by atoms with E-state index in [4.69, 9.17) is 0 Å². The second kappa shape index (κ2) is 8.92. The number of nitrogens with one attached hydrogen (secondary N) is 1. The number of aromatic nitrogens is 4. The quantitative estimate of drug-likeness (QED) is 0.498. The Kier molecular flexibility index (Phi) is 5.90. The largest absolute Gasteiger partial charge is 0.326 e. The number of carbonyl (C=O) groups excluding carboxylic acids is 1. The van der Waals surface area contributed by atoms with Gasteiger partial charge in [-0.2, -0.15) is 0 Å². The van der Waals surface area contributed by atoms with E-state index in [0.29, 0.717) is 6.42 Å². The third-order valence-electron chi connectivity index (χ3n) is 4.61. The Labute approximate surface area is 179 Å². The minimum Gasteiger partial charge on any atom is -0.326 e. The topological polar surface area (TPSA) is 72.7 Å². The lowest BCUT2D eigenvalue weighted by atomic mass is 10.1. The molecule has 0 aliphatic rings. The number of anilines is 1. The lowest BCUT2D eigenvalue weighted by Gasteiger charge is -2.09. The molecule has 0 fully saturated rings. The molecule has 0 aliphatic heterocycles. The fraction of sp³-hybridized carbons (Fsp3) is 0.130. The minimum atomic E-state index is -0.0556. The first-order valence-corrected chi connectivity index (χ1v) is 10.4. The first kappa shape index (κ1) is 19.8. The van der Waals surface area contributed by atoms with E-state index in [0.717, 1.165) is 21.8 Å². The number of hydrogen-bond donors (Lipinski definition) is 1. The predicted octanol–water partition coefficient (Wildman–Crippen LogP) is 4.61. The Bertz CT molecular complexity index is 1140. The van der Waals surface area contributed by atoms with Crippen molar-refractivity contribution in [3.8, 4) is 5.69 Å². The fourth-order valence-electron chi connectivity index (χ4n) is 3.08. The van der Waals surface area contributed by atoms with Gasteiger partial charge in [0.2, 0.25) is 5.91 Å². The normalized spacial score (nSPS) is 10.7. The van der Waals surface area contributed by atoms with Gasteiger partial charge in [0, 0.05) is 15.5 Å². The summed E-state index contributed by atoms with van der Waals surface area (Å²) in [5.41, 5.74) is 5.09. The first-order valence-electron chi connectivity index (χ1n) is 9.54. The van der Waals surface area contributed by atoms with Gasteiger partial charge < -0.3 is 5.32 Å². The van der Waals surface area contributed by atoms with Crippen LogP contribution in [0.4, 0.5) is 5.69 Å². The number of hydrogen-bond acceptors (Lipinski definition) is 5. The maximum absolute atomic E-state index is 12.4. The molecule has 0 radical (unpaired) electrons. The Balaban J connectivity index is 1.34. The van der Waals surface area contributed by atoms with E-state index in [1.165, 1.54) is 22.3 Å². The highest BCUT2D eigenvalue weighted by atomic mass is 32.2. The number of carbonyl (C=O) groups is 1. The van der Waals surface area contributed by atoms with E-state index in [9.17, 15) is 4.79 Å². The summed E-state index contributed by atoms with van der Waals surface area (Å²) in [5.74, 6) is -0.0556. The second-order valence-corrected chi connectivity index (χ2v) is 8.16. The van der Waals surface area contributed by atoms with Gasteiger partial charge in [0.25, 0.3) is 0 Å². The molecule has 0 saturated heterocycles. The van der Waals surface area contributed by atoms with Crippen molar-refractivity contribution in [1.29, 1.82) is 0 Å². The van der Waals surface area contributed by atoms with Gasteiger partial charge in [-0.05, 0) is 77.9 Å². The number of amides is 1. The number of rotatable bonds is 6. The fourth-order valence-corrected chi connectivity index (χ4v) is 3.97. The van der Waals surface area contributed by atoms with Gasteiger partial charge in [-0.25, -0.2) is 4.68 Å². The number of aryl methyl sites for hydroxylation is 2. The van der Waals surface area contributed by atoms with Crippen LogP contribution in [-0.2, 0) is 11.2 Å². The molecule has 0 bridgehead atoms. The lowest BCUT2D eigenvalue weighted by Crippen LogP contribution is -2.14. The molecule has 0 spiro atoms. The van der Waals surface area contributed by atoms with Crippen LogP contribution < -0.4 is 5.32 Å². The van der Waals surface area contributed by atoms with Crippen molar-refractivity contribution in [3.63, 3.8) is 0 Å². The smallest absolute Gasteiger partial charge is 0.228 e. The molecule has 150 valence electrons. The monoisotopic (exact) mass is 415 g/mol. The zero-order chi connectivity index (χ0) is 20.9. The average molecular weight is 416 g/mol. The summed E-state index contributed by atoms with van der Waals surface area (Å²) in [6.45, 7) is 4.22. The van der Waals surface area contributed by atoms with Crippen molar-refractivity contribution >= 4 is 23.4 Å². The number of benzene rings is 3. The second-order valence-electron chi connectivity index (χ2n) is 7.04. The van der Waals surface area contributed by atoms with Gasteiger partial charge in [-0.15, -0.1) is 5.10 Å². The van der Waals surface area contributed by atoms with Crippen molar-refractivity contribution in [3.05, 3.63) is 89.7 Å². The summed E-state index contributed by atoms with van der Waals surface area (Å²) in [6.07, 6.45) is 1.83. The van der Waals surface area contributed by atoms with E-state index < -0.39 is 0 Å². The molecule has 1 amide bonds. The van der Waals surface area contributed by atoms with Crippen LogP contribution in [0.5, 0.6) is 0 Å². The van der Waals surface area contributed by atoms with Crippen LogP contribution in [0.2, 0.25) is 0 Å². The molecule has 3 aromatic carbocycles. The Morgan fingerprint density at radius 3 is 2.43 bits per heavy atom. The molecule has 4 aromatic rings. The van der Waals surface area contributed by atoms with Crippen LogP contribution in [-0.4, -0.2) is 26.1 Å². The van der Waals surface area contributed by atoms with Gasteiger partial charge >= 0.3 is 0 Å². The summed E-state index contributed by atoms with van der Waals surface area (Å²) in [4.78, 5) is 14.8. The molecule has 4 rings (SSSR count). The zero-order valence-electron chi connectivity index (χ0n) is 16.7. The maximum atomic E-state index is 12.4. The molecule has 1 aromatic heterocycles. The van der Waals surface area contributed by atoms with Crippen LogP contribution >= 0.6 is 11.8 Å². The van der Waals surface area contributed by atoms with Crippen LogP contribution in [0.25, 0.3) is 5.69 Å². The highest BCUT2D eigenvalue weighted by molar-refractivity contribution is 7.99. The number of tetrazole rings is 1. The van der Waals surface area contributed by atoms with Crippen LogP contribution in [0.1, 0.15) is 16.7 Å². The van der Waals surface area contributed by atoms with Crippen molar-refractivity contribution in [1.82, 2.24) is 20.2 Å². The van der Waals surface area contributed by atoms with Crippen LogP contribution in [0, 0.1) is 13.8 Å². The Morgan fingerprint density at radius 2 is 1.77 bits per heavy atom. The highest BCUT2D eigenvalue weighted by Gasteiger charge is 2.07. The molecule has 0 saturated carbocycles. The van der Waals surface area contributed by atoms with Crippen LogP contribution in [0.15, 0.2) is 82.8 Å². The summed E-state index contributed by atoms with van der Waals surface area (Å²) in [7, 11) is 0. The molecular formula is C23H21N5OS. The van der Waals surface area contributed by atoms with Crippen molar-refractivity contribution in [2.24, 2.45) is 0 Å². The Morgan fingerprint density at radius 1 is 1.00 bits per heavy atom. The average Bonchev–Trinajstić information content (AvgIpc) is 3.27. The van der Waals surface area contributed by atoms with Crippen molar-refractivity contribution < 1.29 is 4.79 Å². The third kappa shape index (κ3) is 4.93. The third-order valence-corrected chi connectivity index (χ3v) is 5.80. The number of nitrogens with zero attached hydrogens (tertiary/aromatic N) is 4. The standard InChI is InChI=1S/C23H21N5OS/c1-16-3-12-22(17(2)13-16)30-21-10-6-19(7-11-21)25-23(29)14-18-4-8-20(9-5-18)28-15-24-26-27-28/h3-13,15H,14H2,1-2H3,(H,25,29). The lowest BCUT2D eigenvalue weighted by molar-refractivity contribution is -0.115. The van der Waals surface area contributed by atoms with Gasteiger partial charge in [-0.1, -0.05) is 41.6 Å². The van der Waals surface area contributed by atoms with Gasteiger partial charge in [0.1, 0.15) is 6.33 Å². The van der Waals surface area contributed by atoms with E-state index in [1.807, 2.05) is 48.5 Å². The van der Waals surface area contributed by atoms with Gasteiger partial charge in [-0.3, -0.25) is 4.79 Å². The van der Waals surface area contributed by atoms with Crippen LogP contribution in [0.3, 0.4) is 0 Å².